The van der Waals surface area contributed by atoms with Gasteiger partial charge in [-0.25, -0.2) is 4.68 Å². The van der Waals surface area contributed by atoms with Crippen molar-refractivity contribution in [3.8, 4) is 5.88 Å². The lowest BCUT2D eigenvalue weighted by atomic mass is 10.0. The Hall–Kier alpha value is -0.990. The molecule has 2 rings (SSSR count). The summed E-state index contributed by atoms with van der Waals surface area (Å²) in [5, 5.41) is 4.24. The number of ether oxygens (including phenoxy) is 1. The molecule has 0 aromatic carbocycles. The highest BCUT2D eigenvalue weighted by molar-refractivity contribution is 5.23. The fraction of sp³-hybridized carbons (Fsp3) is 0.700. The average Bonchev–Trinajstić information content (AvgIpc) is 2.47. The van der Waals surface area contributed by atoms with Gasteiger partial charge in [-0.3, -0.25) is 0 Å². The number of aromatic nitrogens is 2. The van der Waals surface area contributed by atoms with Crippen LogP contribution in [-0.4, -0.2) is 15.9 Å². The first-order valence-corrected chi connectivity index (χ1v) is 4.87. The predicted molar refractivity (Wildman–Crippen MR) is 50.8 cm³/mol. The summed E-state index contributed by atoms with van der Waals surface area (Å²) in [5.74, 6) is 1.55. The van der Waals surface area contributed by atoms with Gasteiger partial charge in [-0.05, 0) is 12.8 Å². The summed E-state index contributed by atoms with van der Waals surface area (Å²) in [6, 6.07) is 0. The van der Waals surface area contributed by atoms with Gasteiger partial charge in [0.15, 0.2) is 0 Å². The Kier molecular flexibility index (Phi) is 2.02. The van der Waals surface area contributed by atoms with E-state index in [0.717, 1.165) is 24.4 Å². The zero-order valence-corrected chi connectivity index (χ0v) is 8.45. The molecule has 3 nitrogen and oxygen atoms in total. The molecule has 1 aromatic heterocycles. The highest BCUT2D eigenvalue weighted by Gasteiger charge is 2.23. The van der Waals surface area contributed by atoms with E-state index in [-0.39, 0.29) is 0 Å². The van der Waals surface area contributed by atoms with Gasteiger partial charge in [-0.15, -0.1) is 0 Å². The Morgan fingerprint density at radius 1 is 1.62 bits per heavy atom. The van der Waals surface area contributed by atoms with Crippen molar-refractivity contribution in [3.05, 3.63) is 11.8 Å². The zero-order chi connectivity index (χ0) is 9.42. The van der Waals surface area contributed by atoms with Crippen LogP contribution < -0.4 is 4.74 Å². The molecule has 1 aromatic rings. The molecule has 1 atom stereocenters. The van der Waals surface area contributed by atoms with Crippen LogP contribution in [0.4, 0.5) is 0 Å². The average molecular weight is 180 g/mol. The van der Waals surface area contributed by atoms with E-state index < -0.39 is 0 Å². The summed E-state index contributed by atoms with van der Waals surface area (Å²) in [7, 11) is 0. The second-order valence-corrected chi connectivity index (χ2v) is 4.04. The molecule has 0 spiro atoms. The Balaban J connectivity index is 2.22. The van der Waals surface area contributed by atoms with Crippen LogP contribution in [0, 0.1) is 12.8 Å². The molecule has 0 saturated carbocycles. The van der Waals surface area contributed by atoms with Crippen LogP contribution in [0.2, 0.25) is 0 Å². The van der Waals surface area contributed by atoms with Crippen molar-refractivity contribution in [2.24, 2.45) is 5.92 Å². The standard InChI is InChI=1S/C10H16N2O/c1-7(2)9-4-5-12-10(13-9)8(3)6-11-12/h6-7,9H,4-5H2,1-3H3. The second kappa shape index (κ2) is 3.05. The van der Waals surface area contributed by atoms with Gasteiger partial charge in [-0.1, -0.05) is 13.8 Å². The third-order valence-electron chi connectivity index (χ3n) is 2.59. The highest BCUT2D eigenvalue weighted by Crippen LogP contribution is 2.26. The van der Waals surface area contributed by atoms with Crippen molar-refractivity contribution in [2.75, 3.05) is 0 Å². The Morgan fingerprint density at radius 2 is 2.38 bits per heavy atom. The van der Waals surface area contributed by atoms with Gasteiger partial charge in [0, 0.05) is 18.5 Å². The Labute approximate surface area is 78.7 Å². The van der Waals surface area contributed by atoms with Crippen LogP contribution in [0.1, 0.15) is 25.8 Å². The van der Waals surface area contributed by atoms with E-state index >= 15 is 0 Å². The largest absolute Gasteiger partial charge is 0.474 e. The summed E-state index contributed by atoms with van der Waals surface area (Å²) in [4.78, 5) is 0. The smallest absolute Gasteiger partial charge is 0.215 e. The van der Waals surface area contributed by atoms with E-state index in [1.165, 1.54) is 0 Å². The van der Waals surface area contributed by atoms with Crippen LogP contribution in [-0.2, 0) is 6.54 Å². The van der Waals surface area contributed by atoms with Crippen LogP contribution in [0.5, 0.6) is 5.88 Å². The van der Waals surface area contributed by atoms with Crippen molar-refractivity contribution in [2.45, 2.75) is 39.8 Å². The van der Waals surface area contributed by atoms with Crippen molar-refractivity contribution in [3.63, 3.8) is 0 Å². The summed E-state index contributed by atoms with van der Waals surface area (Å²) >= 11 is 0. The molecule has 2 heterocycles. The maximum Gasteiger partial charge on any atom is 0.215 e. The quantitative estimate of drug-likeness (QED) is 0.661. The van der Waals surface area contributed by atoms with Gasteiger partial charge in [0.25, 0.3) is 0 Å². The maximum atomic E-state index is 5.86. The normalized spacial score (nSPS) is 21.4. The van der Waals surface area contributed by atoms with E-state index in [0.29, 0.717) is 12.0 Å². The maximum absolute atomic E-state index is 5.86. The molecule has 0 fully saturated rings. The Bertz CT molecular complexity index is 304. The predicted octanol–water partition coefficient (Wildman–Crippen LogP) is 2.00. The van der Waals surface area contributed by atoms with Gasteiger partial charge >= 0.3 is 0 Å². The molecule has 0 N–H and O–H groups in total. The SMILES string of the molecule is Cc1cnn2c1OC(C(C)C)CC2. The fourth-order valence-corrected chi connectivity index (χ4v) is 1.70. The number of fused-ring (bicyclic) bond motifs is 1. The van der Waals surface area contributed by atoms with Crippen molar-refractivity contribution in [1.82, 2.24) is 9.78 Å². The minimum absolute atomic E-state index is 0.364. The van der Waals surface area contributed by atoms with Crippen LogP contribution >= 0.6 is 0 Å². The van der Waals surface area contributed by atoms with E-state index in [4.69, 9.17) is 4.74 Å². The van der Waals surface area contributed by atoms with Crippen LogP contribution in [0.15, 0.2) is 6.20 Å². The van der Waals surface area contributed by atoms with Gasteiger partial charge in [0.05, 0.1) is 6.20 Å². The molecular formula is C10H16N2O. The lowest BCUT2D eigenvalue weighted by Gasteiger charge is -2.27. The summed E-state index contributed by atoms with van der Waals surface area (Å²) < 4.78 is 7.82. The van der Waals surface area contributed by atoms with Crippen molar-refractivity contribution < 1.29 is 4.74 Å². The second-order valence-electron chi connectivity index (χ2n) is 4.04. The van der Waals surface area contributed by atoms with E-state index in [9.17, 15) is 0 Å². The van der Waals surface area contributed by atoms with E-state index in [1.807, 2.05) is 17.8 Å². The monoisotopic (exact) mass is 180 g/mol. The lowest BCUT2D eigenvalue weighted by molar-refractivity contribution is 0.0930. The molecule has 1 aliphatic heterocycles. The molecule has 1 unspecified atom stereocenters. The Morgan fingerprint density at radius 3 is 3.08 bits per heavy atom. The molecule has 13 heavy (non-hydrogen) atoms. The lowest BCUT2D eigenvalue weighted by Crippen LogP contribution is -2.30. The summed E-state index contributed by atoms with van der Waals surface area (Å²) in [5.41, 5.74) is 1.14. The number of aryl methyl sites for hydroxylation is 2. The topological polar surface area (TPSA) is 27.1 Å². The van der Waals surface area contributed by atoms with Gasteiger partial charge < -0.3 is 4.74 Å². The summed E-state index contributed by atoms with van der Waals surface area (Å²) in [6.45, 7) is 7.44. The molecule has 0 saturated heterocycles. The van der Waals surface area contributed by atoms with Crippen molar-refractivity contribution in [1.29, 1.82) is 0 Å². The van der Waals surface area contributed by atoms with Gasteiger partial charge in [-0.2, -0.15) is 5.10 Å². The van der Waals surface area contributed by atoms with E-state index in [2.05, 4.69) is 18.9 Å². The van der Waals surface area contributed by atoms with Gasteiger partial charge in [0.2, 0.25) is 5.88 Å². The van der Waals surface area contributed by atoms with Crippen LogP contribution in [0.3, 0.4) is 0 Å². The molecule has 3 heteroatoms. The first-order valence-electron chi connectivity index (χ1n) is 4.87. The molecule has 1 aliphatic rings. The summed E-state index contributed by atoms with van der Waals surface area (Å²) in [6.07, 6.45) is 3.31. The number of hydrogen-bond donors (Lipinski definition) is 0. The molecule has 0 bridgehead atoms. The van der Waals surface area contributed by atoms with E-state index in [1.54, 1.807) is 0 Å². The highest BCUT2D eigenvalue weighted by atomic mass is 16.5. The first kappa shape index (κ1) is 8.60. The number of hydrogen-bond acceptors (Lipinski definition) is 2. The first-order chi connectivity index (χ1) is 6.18. The number of rotatable bonds is 1. The third-order valence-corrected chi connectivity index (χ3v) is 2.59. The third kappa shape index (κ3) is 1.43. The van der Waals surface area contributed by atoms with Crippen molar-refractivity contribution >= 4 is 0 Å². The minimum atomic E-state index is 0.364. The molecule has 0 radical (unpaired) electrons. The van der Waals surface area contributed by atoms with Gasteiger partial charge in [0.1, 0.15) is 6.10 Å². The molecular weight excluding hydrogens is 164 g/mol. The minimum Gasteiger partial charge on any atom is -0.474 e. The molecule has 72 valence electrons. The molecule has 0 amide bonds. The number of nitrogens with zero attached hydrogens (tertiary/aromatic N) is 2. The van der Waals surface area contributed by atoms with Crippen LogP contribution in [0.25, 0.3) is 0 Å². The molecule has 0 aliphatic carbocycles. The fourth-order valence-electron chi connectivity index (χ4n) is 1.70. The zero-order valence-electron chi connectivity index (χ0n) is 8.45.